The van der Waals surface area contributed by atoms with Gasteiger partial charge in [-0.25, -0.2) is 0 Å². The Labute approximate surface area is 134 Å². The third-order valence-corrected chi connectivity index (χ3v) is 3.49. The maximum atomic E-state index is 9.49. The number of rotatable bonds is 4. The van der Waals surface area contributed by atoms with E-state index in [-0.39, 0.29) is 6.79 Å². The number of nitriles is 1. The SMILES string of the molecule is COc1cc(C=C(C#N)c2ccc3c(c2)OCO3)cc(OC)c1. The van der Waals surface area contributed by atoms with Gasteiger partial charge in [-0.1, -0.05) is 0 Å². The van der Waals surface area contributed by atoms with Gasteiger partial charge in [0.2, 0.25) is 6.79 Å². The molecule has 0 amide bonds. The number of hydrogen-bond acceptors (Lipinski definition) is 5. The fourth-order valence-corrected chi connectivity index (χ4v) is 2.32. The molecule has 0 saturated heterocycles. The maximum Gasteiger partial charge on any atom is 0.231 e. The molecule has 23 heavy (non-hydrogen) atoms. The number of methoxy groups -OCH3 is 2. The molecule has 0 fully saturated rings. The summed E-state index contributed by atoms with van der Waals surface area (Å²) in [7, 11) is 3.18. The standard InChI is InChI=1S/C18H15NO4/c1-20-15-6-12(7-16(9-15)21-2)5-14(10-19)13-3-4-17-18(8-13)23-11-22-17/h3-9H,11H2,1-2H3. The number of fused-ring (bicyclic) bond motifs is 1. The van der Waals surface area contributed by atoms with Crippen LogP contribution >= 0.6 is 0 Å². The molecule has 0 radical (unpaired) electrons. The van der Waals surface area contributed by atoms with Crippen LogP contribution in [0.5, 0.6) is 23.0 Å². The molecular weight excluding hydrogens is 294 g/mol. The Kier molecular flexibility index (Phi) is 4.07. The second-order valence-corrected chi connectivity index (χ2v) is 4.88. The number of hydrogen-bond donors (Lipinski definition) is 0. The van der Waals surface area contributed by atoms with Crippen LogP contribution in [0, 0.1) is 11.3 Å². The molecule has 0 aromatic heterocycles. The second-order valence-electron chi connectivity index (χ2n) is 4.88. The van der Waals surface area contributed by atoms with Crippen molar-refractivity contribution in [3.05, 3.63) is 47.5 Å². The average molecular weight is 309 g/mol. The monoisotopic (exact) mass is 309 g/mol. The molecule has 2 aromatic carbocycles. The zero-order chi connectivity index (χ0) is 16.2. The molecule has 5 heteroatoms. The van der Waals surface area contributed by atoms with Crippen LogP contribution in [-0.4, -0.2) is 21.0 Å². The molecular formula is C18H15NO4. The van der Waals surface area contributed by atoms with E-state index in [4.69, 9.17) is 18.9 Å². The zero-order valence-corrected chi connectivity index (χ0v) is 12.8. The number of allylic oxidation sites excluding steroid dienone is 1. The van der Waals surface area contributed by atoms with Crippen LogP contribution in [0.1, 0.15) is 11.1 Å². The third kappa shape index (κ3) is 3.06. The summed E-state index contributed by atoms with van der Waals surface area (Å²) in [5.74, 6) is 2.66. The van der Waals surface area contributed by atoms with Crippen molar-refractivity contribution < 1.29 is 18.9 Å². The lowest BCUT2D eigenvalue weighted by atomic mass is 10.0. The topological polar surface area (TPSA) is 60.7 Å². The van der Waals surface area contributed by atoms with Crippen molar-refractivity contribution in [2.24, 2.45) is 0 Å². The molecule has 0 atom stereocenters. The summed E-state index contributed by atoms with van der Waals surface area (Å²) in [5, 5.41) is 9.49. The highest BCUT2D eigenvalue weighted by Crippen LogP contribution is 2.35. The van der Waals surface area contributed by atoms with Crippen molar-refractivity contribution >= 4 is 11.6 Å². The first-order valence-corrected chi connectivity index (χ1v) is 6.98. The Hall–Kier alpha value is -3.13. The van der Waals surface area contributed by atoms with E-state index in [2.05, 4.69) is 6.07 Å². The molecule has 0 aliphatic carbocycles. The van der Waals surface area contributed by atoms with Gasteiger partial charge in [0, 0.05) is 6.07 Å². The van der Waals surface area contributed by atoms with Crippen molar-refractivity contribution in [3.63, 3.8) is 0 Å². The van der Waals surface area contributed by atoms with Gasteiger partial charge in [-0.3, -0.25) is 0 Å². The number of nitrogens with zero attached hydrogens (tertiary/aromatic N) is 1. The highest BCUT2D eigenvalue weighted by molar-refractivity contribution is 5.90. The molecule has 1 heterocycles. The molecule has 2 aromatic rings. The van der Waals surface area contributed by atoms with Gasteiger partial charge in [0.15, 0.2) is 11.5 Å². The molecule has 1 aliphatic heterocycles. The highest BCUT2D eigenvalue weighted by Gasteiger charge is 2.14. The molecule has 1 aliphatic rings. The first-order valence-electron chi connectivity index (χ1n) is 6.98. The van der Waals surface area contributed by atoms with E-state index in [1.807, 2.05) is 18.2 Å². The summed E-state index contributed by atoms with van der Waals surface area (Å²) in [4.78, 5) is 0. The molecule has 0 saturated carbocycles. The van der Waals surface area contributed by atoms with Crippen LogP contribution in [-0.2, 0) is 0 Å². The maximum absolute atomic E-state index is 9.49. The van der Waals surface area contributed by atoms with Gasteiger partial charge in [0.1, 0.15) is 11.5 Å². The summed E-state index contributed by atoms with van der Waals surface area (Å²) in [5.41, 5.74) is 2.09. The van der Waals surface area contributed by atoms with Crippen LogP contribution in [0.4, 0.5) is 0 Å². The van der Waals surface area contributed by atoms with E-state index < -0.39 is 0 Å². The molecule has 5 nitrogen and oxygen atoms in total. The lowest BCUT2D eigenvalue weighted by Gasteiger charge is -2.07. The minimum absolute atomic E-state index is 0.206. The van der Waals surface area contributed by atoms with E-state index in [1.165, 1.54) is 0 Å². The van der Waals surface area contributed by atoms with Crippen molar-refractivity contribution in [1.82, 2.24) is 0 Å². The molecule has 0 N–H and O–H groups in total. The quantitative estimate of drug-likeness (QED) is 0.639. The summed E-state index contributed by atoms with van der Waals surface area (Å²) >= 11 is 0. The van der Waals surface area contributed by atoms with Gasteiger partial charge in [-0.05, 0) is 47.5 Å². The lowest BCUT2D eigenvalue weighted by molar-refractivity contribution is 0.174. The first-order chi connectivity index (χ1) is 11.2. The van der Waals surface area contributed by atoms with Crippen molar-refractivity contribution in [3.8, 4) is 29.1 Å². The van der Waals surface area contributed by atoms with Gasteiger partial charge in [0.25, 0.3) is 0 Å². The fourth-order valence-electron chi connectivity index (χ4n) is 2.32. The van der Waals surface area contributed by atoms with Crippen molar-refractivity contribution in [1.29, 1.82) is 5.26 Å². The second kappa shape index (κ2) is 6.32. The summed E-state index contributed by atoms with van der Waals surface area (Å²) < 4.78 is 21.1. The minimum atomic E-state index is 0.206. The molecule has 116 valence electrons. The summed E-state index contributed by atoms with van der Waals surface area (Å²) in [6.07, 6.45) is 1.78. The molecule has 0 spiro atoms. The number of ether oxygens (including phenoxy) is 4. The van der Waals surface area contributed by atoms with Crippen molar-refractivity contribution in [2.45, 2.75) is 0 Å². The van der Waals surface area contributed by atoms with Crippen LogP contribution in [0.2, 0.25) is 0 Å². The molecule has 3 rings (SSSR count). The lowest BCUT2D eigenvalue weighted by Crippen LogP contribution is -1.92. The zero-order valence-electron chi connectivity index (χ0n) is 12.8. The van der Waals surface area contributed by atoms with Crippen LogP contribution in [0.3, 0.4) is 0 Å². The Morgan fingerprint density at radius 3 is 2.39 bits per heavy atom. The fraction of sp³-hybridized carbons (Fsp3) is 0.167. The largest absolute Gasteiger partial charge is 0.497 e. The molecule has 0 unspecified atom stereocenters. The minimum Gasteiger partial charge on any atom is -0.497 e. The Morgan fingerprint density at radius 1 is 1.04 bits per heavy atom. The molecule has 0 bridgehead atoms. The Morgan fingerprint density at radius 2 is 1.74 bits per heavy atom. The van der Waals surface area contributed by atoms with Gasteiger partial charge >= 0.3 is 0 Å². The summed E-state index contributed by atoms with van der Waals surface area (Å²) in [6.45, 7) is 0.206. The van der Waals surface area contributed by atoms with Crippen molar-refractivity contribution in [2.75, 3.05) is 21.0 Å². The van der Waals surface area contributed by atoms with Crippen LogP contribution in [0.25, 0.3) is 11.6 Å². The van der Waals surface area contributed by atoms with Gasteiger partial charge in [-0.15, -0.1) is 0 Å². The predicted molar refractivity (Wildman–Crippen MR) is 85.6 cm³/mol. The van der Waals surface area contributed by atoms with E-state index in [0.29, 0.717) is 28.6 Å². The Balaban J connectivity index is 2.01. The van der Waals surface area contributed by atoms with Gasteiger partial charge in [-0.2, -0.15) is 5.26 Å². The highest BCUT2D eigenvalue weighted by atomic mass is 16.7. The van der Waals surface area contributed by atoms with Crippen LogP contribution in [0.15, 0.2) is 36.4 Å². The normalized spacial score (nSPS) is 12.7. The first kappa shape index (κ1) is 14.8. The Bertz CT molecular complexity index is 783. The van der Waals surface area contributed by atoms with Crippen LogP contribution < -0.4 is 18.9 Å². The van der Waals surface area contributed by atoms with E-state index in [0.717, 1.165) is 11.1 Å². The number of benzene rings is 2. The average Bonchev–Trinajstić information content (AvgIpc) is 3.06. The smallest absolute Gasteiger partial charge is 0.231 e. The van der Waals surface area contributed by atoms with Gasteiger partial charge < -0.3 is 18.9 Å². The van der Waals surface area contributed by atoms with Gasteiger partial charge in [0.05, 0.1) is 25.9 Å². The van der Waals surface area contributed by atoms with E-state index in [9.17, 15) is 5.26 Å². The summed E-state index contributed by atoms with van der Waals surface area (Å²) in [6, 6.07) is 13.1. The predicted octanol–water partition coefficient (Wildman–Crippen LogP) is 3.50. The third-order valence-electron chi connectivity index (χ3n) is 3.49. The van der Waals surface area contributed by atoms with E-state index >= 15 is 0 Å². The van der Waals surface area contributed by atoms with E-state index in [1.54, 1.807) is 38.5 Å².